The zero-order chi connectivity index (χ0) is 12.3. The molecule has 6 nitrogen and oxygen atoms in total. The number of carbonyl (C=O) groups excluding carboxylic acids is 2. The quantitative estimate of drug-likeness (QED) is 0.387. The molecule has 0 aromatic carbocycles. The van der Waals surface area contributed by atoms with Crippen LogP contribution in [0.5, 0.6) is 0 Å². The van der Waals surface area contributed by atoms with Crippen LogP contribution >= 0.6 is 0 Å². The van der Waals surface area contributed by atoms with Crippen molar-refractivity contribution in [3.8, 4) is 0 Å². The van der Waals surface area contributed by atoms with Crippen LogP contribution in [0.2, 0.25) is 0 Å². The summed E-state index contributed by atoms with van der Waals surface area (Å²) in [7, 11) is 0. The van der Waals surface area contributed by atoms with Gasteiger partial charge in [-0.1, -0.05) is 6.08 Å². The second-order valence-corrected chi connectivity index (χ2v) is 2.28. The number of hydrogen-bond donors (Lipinski definition) is 2. The summed E-state index contributed by atoms with van der Waals surface area (Å²) in [6.45, 7) is 1.80. The maximum atomic E-state index is 10.2. The Morgan fingerprint density at radius 1 is 1.13 bits per heavy atom. The summed E-state index contributed by atoms with van der Waals surface area (Å²) in [5, 5.41) is 16.0. The van der Waals surface area contributed by atoms with Gasteiger partial charge in [-0.25, -0.2) is 4.79 Å². The van der Waals surface area contributed by atoms with E-state index in [4.69, 9.17) is 10.2 Å². The molecule has 0 bridgehead atoms. The predicted molar refractivity (Wildman–Crippen MR) is 50.4 cm³/mol. The number of aliphatic carboxylic acids is 2. The lowest BCUT2D eigenvalue weighted by Crippen LogP contribution is -2.13. The average molecular weight is 216 g/mol. The smallest absolute Gasteiger partial charge is 0.372 e. The highest BCUT2D eigenvalue weighted by molar-refractivity contribution is 6.32. The van der Waals surface area contributed by atoms with Gasteiger partial charge in [-0.3, -0.25) is 14.4 Å². The highest BCUT2D eigenvalue weighted by atomic mass is 16.4. The van der Waals surface area contributed by atoms with E-state index in [1.165, 1.54) is 6.08 Å². The van der Waals surface area contributed by atoms with E-state index in [9.17, 15) is 19.2 Å². The maximum absolute atomic E-state index is 10.2. The zero-order valence-electron chi connectivity index (χ0n) is 8.17. The second-order valence-electron chi connectivity index (χ2n) is 2.28. The van der Waals surface area contributed by atoms with Crippen LogP contribution in [0.1, 0.15) is 19.8 Å². The fourth-order valence-electron chi connectivity index (χ4n) is 0.406. The molecular formula is C9H12O6. The predicted octanol–water partition coefficient (Wildman–Crippen LogP) is 0.266. The van der Waals surface area contributed by atoms with Crippen molar-refractivity contribution in [2.24, 2.45) is 0 Å². The monoisotopic (exact) mass is 216 g/mol. The number of hydrogen-bond acceptors (Lipinski definition) is 4. The summed E-state index contributed by atoms with van der Waals surface area (Å²) >= 11 is 0. The molecule has 15 heavy (non-hydrogen) atoms. The van der Waals surface area contributed by atoms with Crippen LogP contribution in [-0.2, 0) is 19.2 Å². The van der Waals surface area contributed by atoms with Crippen molar-refractivity contribution < 1.29 is 29.4 Å². The number of carbonyl (C=O) groups is 4. The van der Waals surface area contributed by atoms with Crippen LogP contribution in [0, 0.1) is 0 Å². The average Bonchev–Trinajstić information content (AvgIpc) is 2.16. The summed E-state index contributed by atoms with van der Waals surface area (Å²) in [5.41, 5.74) is 0. The summed E-state index contributed by atoms with van der Waals surface area (Å²) < 4.78 is 0. The van der Waals surface area contributed by atoms with Crippen LogP contribution in [0.15, 0.2) is 12.2 Å². The highest BCUT2D eigenvalue weighted by Gasteiger charge is 2.12. The Hall–Kier alpha value is -1.98. The summed E-state index contributed by atoms with van der Waals surface area (Å²) in [5.74, 6) is -3.82. The van der Waals surface area contributed by atoms with Gasteiger partial charge in [-0.15, -0.1) is 0 Å². The molecule has 0 aliphatic carbocycles. The van der Waals surface area contributed by atoms with E-state index in [2.05, 4.69) is 0 Å². The molecule has 0 aliphatic rings. The molecular weight excluding hydrogens is 204 g/mol. The highest BCUT2D eigenvalue weighted by Crippen LogP contribution is 1.89. The Morgan fingerprint density at radius 3 is 1.87 bits per heavy atom. The SMILES string of the molecule is CC=CC=O.O=C(O)CCC(=O)C(=O)O. The zero-order valence-corrected chi connectivity index (χ0v) is 8.17. The van der Waals surface area contributed by atoms with Gasteiger partial charge in [0.1, 0.15) is 6.29 Å². The molecule has 84 valence electrons. The van der Waals surface area contributed by atoms with Crippen LogP contribution < -0.4 is 0 Å². The second kappa shape index (κ2) is 10.1. The lowest BCUT2D eigenvalue weighted by Gasteiger charge is -1.88. The molecule has 0 amide bonds. The summed E-state index contributed by atoms with van der Waals surface area (Å²) in [6, 6.07) is 0. The van der Waals surface area contributed by atoms with Crippen molar-refractivity contribution in [2.75, 3.05) is 0 Å². The van der Waals surface area contributed by atoms with Crippen LogP contribution in [0.3, 0.4) is 0 Å². The third-order valence-electron chi connectivity index (χ3n) is 1.08. The molecule has 0 saturated heterocycles. The van der Waals surface area contributed by atoms with Crippen molar-refractivity contribution in [2.45, 2.75) is 19.8 Å². The van der Waals surface area contributed by atoms with Gasteiger partial charge >= 0.3 is 11.9 Å². The first-order chi connectivity index (χ1) is 6.95. The van der Waals surface area contributed by atoms with Gasteiger partial charge in [0.05, 0.1) is 6.42 Å². The standard InChI is InChI=1S/C5H6O5.C4H6O/c6-3(5(9)10)1-2-4(7)8;1-2-3-4-5/h1-2H2,(H,7,8)(H,9,10);2-4H,1H3. The van der Waals surface area contributed by atoms with Gasteiger partial charge in [0.2, 0.25) is 5.78 Å². The minimum Gasteiger partial charge on any atom is -0.481 e. The molecule has 0 aromatic rings. The number of allylic oxidation sites excluding steroid dienone is 2. The Balaban J connectivity index is 0. The van der Waals surface area contributed by atoms with Gasteiger partial charge < -0.3 is 10.2 Å². The molecule has 0 rings (SSSR count). The fraction of sp³-hybridized carbons (Fsp3) is 0.333. The first-order valence-corrected chi connectivity index (χ1v) is 4.00. The molecule has 0 radical (unpaired) electrons. The maximum Gasteiger partial charge on any atom is 0.372 e. The third-order valence-corrected chi connectivity index (χ3v) is 1.08. The Labute approximate surface area is 86.2 Å². The van der Waals surface area contributed by atoms with Gasteiger partial charge in [-0.2, -0.15) is 0 Å². The molecule has 0 unspecified atom stereocenters. The van der Waals surface area contributed by atoms with Crippen LogP contribution in [-0.4, -0.2) is 34.2 Å². The van der Waals surface area contributed by atoms with Crippen LogP contribution in [0.25, 0.3) is 0 Å². The van der Waals surface area contributed by atoms with E-state index in [-0.39, 0.29) is 0 Å². The topological polar surface area (TPSA) is 109 Å². The number of carboxylic acids is 2. The van der Waals surface area contributed by atoms with Crippen molar-refractivity contribution in [3.63, 3.8) is 0 Å². The van der Waals surface area contributed by atoms with Gasteiger partial charge in [0, 0.05) is 6.42 Å². The van der Waals surface area contributed by atoms with E-state index in [0.717, 1.165) is 6.29 Å². The largest absolute Gasteiger partial charge is 0.481 e. The van der Waals surface area contributed by atoms with Crippen LogP contribution in [0.4, 0.5) is 0 Å². The van der Waals surface area contributed by atoms with Gasteiger partial charge in [0.25, 0.3) is 0 Å². The molecule has 0 fully saturated rings. The van der Waals surface area contributed by atoms with E-state index < -0.39 is 30.6 Å². The van der Waals surface area contributed by atoms with Crippen molar-refractivity contribution in [3.05, 3.63) is 12.2 Å². The summed E-state index contributed by atoms with van der Waals surface area (Å²) in [4.78, 5) is 39.1. The number of carboxylic acid groups (broad SMARTS) is 2. The van der Waals surface area contributed by atoms with Crippen molar-refractivity contribution >= 4 is 24.0 Å². The number of rotatable bonds is 5. The number of Topliss-reactive ketones (excluding diaryl/α,β-unsaturated/α-hetero) is 1. The fourth-order valence-corrected chi connectivity index (χ4v) is 0.406. The molecule has 0 aromatic heterocycles. The Morgan fingerprint density at radius 2 is 1.67 bits per heavy atom. The van der Waals surface area contributed by atoms with E-state index in [1.54, 1.807) is 13.0 Å². The van der Waals surface area contributed by atoms with Crippen molar-refractivity contribution in [1.82, 2.24) is 0 Å². The van der Waals surface area contributed by atoms with E-state index >= 15 is 0 Å². The molecule has 0 spiro atoms. The van der Waals surface area contributed by atoms with Gasteiger partial charge in [-0.05, 0) is 13.0 Å². The first-order valence-electron chi connectivity index (χ1n) is 4.00. The van der Waals surface area contributed by atoms with E-state index in [1.807, 2.05) is 0 Å². The Bertz CT molecular complexity index is 266. The number of ketones is 1. The van der Waals surface area contributed by atoms with Gasteiger partial charge in [0.15, 0.2) is 0 Å². The normalized spacial score (nSPS) is 8.87. The Kier molecular flexibility index (Phi) is 10.4. The van der Waals surface area contributed by atoms with Crippen molar-refractivity contribution in [1.29, 1.82) is 0 Å². The third kappa shape index (κ3) is 14.8. The number of aldehydes is 1. The minimum atomic E-state index is -1.58. The first kappa shape index (κ1) is 15.5. The lowest BCUT2D eigenvalue weighted by atomic mass is 10.2. The molecule has 6 heteroatoms. The van der Waals surface area contributed by atoms with E-state index in [0.29, 0.717) is 0 Å². The lowest BCUT2D eigenvalue weighted by molar-refractivity contribution is -0.149. The molecule has 0 atom stereocenters. The minimum absolute atomic E-state index is 0.425. The molecule has 0 heterocycles. The molecule has 2 N–H and O–H groups in total. The molecule has 0 aliphatic heterocycles. The summed E-state index contributed by atoms with van der Waals surface area (Å²) in [6.07, 6.45) is 3.02. The molecule has 0 saturated carbocycles.